The van der Waals surface area contributed by atoms with E-state index in [1.807, 2.05) is 24.3 Å². The van der Waals surface area contributed by atoms with Crippen molar-refractivity contribution >= 4 is 35.7 Å². The Bertz CT molecular complexity index is 143. The molecule has 0 saturated heterocycles. The predicted octanol–water partition coefficient (Wildman–Crippen LogP) is -1.60. The van der Waals surface area contributed by atoms with Gasteiger partial charge in [0.1, 0.15) is 0 Å². The van der Waals surface area contributed by atoms with Crippen LogP contribution < -0.4 is 17.0 Å². The van der Waals surface area contributed by atoms with Crippen molar-refractivity contribution in [3.05, 3.63) is 30.3 Å². The Kier molecular flexibility index (Phi) is 9.62. The Hall–Kier alpha value is 0.816. The summed E-state index contributed by atoms with van der Waals surface area (Å²) in [7, 11) is 0. The Balaban J connectivity index is 0. The second-order valence-corrected chi connectivity index (χ2v) is 1.77. The van der Waals surface area contributed by atoms with E-state index in [0.29, 0.717) is 0 Å². The SMILES string of the molecule is Sc1cc[c-]cc1.[Br-].[Mg+2]. The molecule has 3 heteroatoms. The van der Waals surface area contributed by atoms with Crippen molar-refractivity contribution in [1.29, 1.82) is 0 Å². The Morgan fingerprint density at radius 3 is 1.89 bits per heavy atom. The molecule has 0 N–H and O–H groups in total. The predicted molar refractivity (Wildman–Crippen MR) is 38.3 cm³/mol. The molecule has 0 aliphatic heterocycles. The van der Waals surface area contributed by atoms with Gasteiger partial charge in [-0.15, -0.1) is 4.90 Å². The smallest absolute Gasteiger partial charge is 1.00 e. The number of hydrogen-bond donors (Lipinski definition) is 1. The summed E-state index contributed by atoms with van der Waals surface area (Å²) in [5.74, 6) is 0. The molecule has 0 aliphatic carbocycles. The van der Waals surface area contributed by atoms with E-state index >= 15 is 0 Å². The molecule has 0 saturated carbocycles. The van der Waals surface area contributed by atoms with Gasteiger partial charge >= 0.3 is 23.1 Å². The molecule has 0 unspecified atom stereocenters. The Morgan fingerprint density at radius 2 is 1.67 bits per heavy atom. The van der Waals surface area contributed by atoms with Gasteiger partial charge in [-0.05, 0) is 0 Å². The molecule has 0 bridgehead atoms. The van der Waals surface area contributed by atoms with E-state index in [-0.39, 0.29) is 40.0 Å². The zero-order chi connectivity index (χ0) is 5.11. The van der Waals surface area contributed by atoms with Crippen molar-refractivity contribution in [2.24, 2.45) is 0 Å². The molecule has 0 nitrogen and oxygen atoms in total. The number of thiol groups is 1. The van der Waals surface area contributed by atoms with Crippen LogP contribution >= 0.6 is 12.6 Å². The van der Waals surface area contributed by atoms with Crippen LogP contribution in [-0.2, 0) is 0 Å². The van der Waals surface area contributed by atoms with Crippen molar-refractivity contribution in [3.8, 4) is 0 Å². The van der Waals surface area contributed by atoms with Crippen molar-refractivity contribution in [2.75, 3.05) is 0 Å². The summed E-state index contributed by atoms with van der Waals surface area (Å²) in [6.45, 7) is 0. The second kappa shape index (κ2) is 6.93. The summed E-state index contributed by atoms with van der Waals surface area (Å²) < 4.78 is 0. The van der Waals surface area contributed by atoms with E-state index in [4.69, 9.17) is 0 Å². The van der Waals surface area contributed by atoms with Crippen LogP contribution in [0.5, 0.6) is 0 Å². The van der Waals surface area contributed by atoms with Gasteiger partial charge < -0.3 is 17.0 Å². The van der Waals surface area contributed by atoms with Gasteiger partial charge in [0.25, 0.3) is 0 Å². The van der Waals surface area contributed by atoms with Crippen molar-refractivity contribution in [2.45, 2.75) is 4.90 Å². The first-order chi connectivity index (χ1) is 3.39. The van der Waals surface area contributed by atoms with Gasteiger partial charge in [-0.1, -0.05) is 0 Å². The van der Waals surface area contributed by atoms with Gasteiger partial charge in [0.15, 0.2) is 0 Å². The van der Waals surface area contributed by atoms with Gasteiger partial charge in [0, 0.05) is 0 Å². The van der Waals surface area contributed by atoms with E-state index in [2.05, 4.69) is 18.7 Å². The molecule has 0 aliphatic rings. The topological polar surface area (TPSA) is 0 Å². The molecule has 0 spiro atoms. The summed E-state index contributed by atoms with van der Waals surface area (Å²) in [6.07, 6.45) is 0. The molecular formula is C6H5BrMgS. The minimum Gasteiger partial charge on any atom is -1.00 e. The van der Waals surface area contributed by atoms with E-state index in [1.54, 1.807) is 0 Å². The maximum atomic E-state index is 4.06. The van der Waals surface area contributed by atoms with E-state index < -0.39 is 0 Å². The number of benzene rings is 1. The van der Waals surface area contributed by atoms with Crippen LogP contribution in [0.4, 0.5) is 0 Å². The zero-order valence-corrected chi connectivity index (χ0v) is 8.74. The average molecular weight is 213 g/mol. The van der Waals surface area contributed by atoms with Crippen molar-refractivity contribution in [1.82, 2.24) is 0 Å². The summed E-state index contributed by atoms with van der Waals surface area (Å²) in [4.78, 5) is 0.985. The summed E-state index contributed by atoms with van der Waals surface area (Å²) in [6, 6.07) is 10.3. The van der Waals surface area contributed by atoms with Crippen LogP contribution in [0.25, 0.3) is 0 Å². The molecule has 0 heterocycles. The fourth-order valence-corrected chi connectivity index (χ4v) is 0.527. The summed E-state index contributed by atoms with van der Waals surface area (Å²) in [5.41, 5.74) is 0. The maximum absolute atomic E-state index is 4.06. The average Bonchev–Trinajstić information content (AvgIpc) is 1.69. The fraction of sp³-hybridized carbons (Fsp3) is 0. The molecule has 44 valence electrons. The van der Waals surface area contributed by atoms with Crippen molar-refractivity contribution < 1.29 is 17.0 Å². The molecule has 1 aromatic carbocycles. The summed E-state index contributed by atoms with van der Waals surface area (Å²) >= 11 is 4.06. The Labute approximate surface area is 87.4 Å². The quantitative estimate of drug-likeness (QED) is 0.299. The van der Waals surface area contributed by atoms with Crippen LogP contribution in [0.2, 0.25) is 0 Å². The minimum absolute atomic E-state index is 0. The first kappa shape index (κ1) is 12.5. The van der Waals surface area contributed by atoms with E-state index in [9.17, 15) is 0 Å². The molecule has 0 atom stereocenters. The molecule has 0 aromatic heterocycles. The van der Waals surface area contributed by atoms with Gasteiger partial charge in [-0.2, -0.15) is 43.0 Å². The molecule has 1 rings (SSSR count). The second-order valence-electron chi connectivity index (χ2n) is 1.26. The van der Waals surface area contributed by atoms with Gasteiger partial charge in [-0.25, -0.2) is 0 Å². The number of rotatable bonds is 0. The number of halogens is 1. The van der Waals surface area contributed by atoms with Gasteiger partial charge in [-0.3, -0.25) is 0 Å². The van der Waals surface area contributed by atoms with Crippen LogP contribution in [0.15, 0.2) is 29.2 Å². The van der Waals surface area contributed by atoms with Crippen LogP contribution in [0.1, 0.15) is 0 Å². The Morgan fingerprint density at radius 1 is 1.22 bits per heavy atom. The largest absolute Gasteiger partial charge is 2.00 e. The molecule has 0 amide bonds. The normalized spacial score (nSPS) is 6.78. The third kappa shape index (κ3) is 5.27. The third-order valence-corrected chi connectivity index (χ3v) is 0.999. The third-order valence-electron chi connectivity index (χ3n) is 0.701. The molecule has 1 aromatic rings. The van der Waals surface area contributed by atoms with Crippen LogP contribution in [0, 0.1) is 6.07 Å². The van der Waals surface area contributed by atoms with E-state index in [1.165, 1.54) is 0 Å². The fourth-order valence-electron chi connectivity index (χ4n) is 0.378. The van der Waals surface area contributed by atoms with Gasteiger partial charge in [0.05, 0.1) is 0 Å². The minimum atomic E-state index is 0. The zero-order valence-electron chi connectivity index (χ0n) is 4.84. The molecule has 0 radical (unpaired) electrons. The van der Waals surface area contributed by atoms with E-state index in [0.717, 1.165) is 4.90 Å². The molecular weight excluding hydrogens is 208 g/mol. The van der Waals surface area contributed by atoms with Gasteiger partial charge in [0.2, 0.25) is 0 Å². The first-order valence-electron chi connectivity index (χ1n) is 2.04. The molecule has 0 fully saturated rings. The van der Waals surface area contributed by atoms with Crippen LogP contribution in [0.3, 0.4) is 0 Å². The standard InChI is InChI=1S/C6H5S.BrH.Mg/c7-6-4-2-1-3-5-6;;/h2-5,7H;1H;/q-1;;+2/p-1. The summed E-state index contributed by atoms with van der Waals surface area (Å²) in [5, 5.41) is 0. The monoisotopic (exact) mass is 212 g/mol. The van der Waals surface area contributed by atoms with Crippen LogP contribution in [-0.4, -0.2) is 23.1 Å². The van der Waals surface area contributed by atoms with Crippen molar-refractivity contribution in [3.63, 3.8) is 0 Å². The molecule has 9 heavy (non-hydrogen) atoms. The number of hydrogen-bond acceptors (Lipinski definition) is 1. The maximum Gasteiger partial charge on any atom is 2.00 e. The first-order valence-corrected chi connectivity index (χ1v) is 2.49.